The molecule has 0 saturated heterocycles. The van der Waals surface area contributed by atoms with E-state index in [0.29, 0.717) is 11.2 Å². The molecule has 1 aliphatic carbocycles. The van der Waals surface area contributed by atoms with Crippen molar-refractivity contribution in [2.24, 2.45) is 0 Å². The van der Waals surface area contributed by atoms with Crippen LogP contribution in [-0.4, -0.2) is 64.4 Å². The van der Waals surface area contributed by atoms with Crippen LogP contribution in [0.2, 0.25) is 0 Å². The van der Waals surface area contributed by atoms with Gasteiger partial charge in [-0.2, -0.15) is 0 Å². The summed E-state index contributed by atoms with van der Waals surface area (Å²) < 4.78 is 1.56. The molecule has 0 unspecified atom stereocenters. The normalized spacial score (nSPS) is 33.0. The van der Waals surface area contributed by atoms with Crippen molar-refractivity contribution in [1.29, 1.82) is 0 Å². The summed E-state index contributed by atoms with van der Waals surface area (Å²) in [6, 6.07) is -0.686. The Morgan fingerprint density at radius 3 is 2.82 bits per heavy atom. The molecule has 9 heteroatoms. The Balaban J connectivity index is 2.08. The lowest BCUT2D eigenvalue weighted by Gasteiger charge is -2.34. The minimum Gasteiger partial charge on any atom is -0.393 e. The van der Waals surface area contributed by atoms with E-state index >= 15 is 0 Å². The molecule has 1 aliphatic rings. The first-order valence-corrected chi connectivity index (χ1v) is 7.08. The molecular weight excluding hydrogens is 290 g/mol. The van der Waals surface area contributed by atoms with Crippen LogP contribution < -0.4 is 5.73 Å². The van der Waals surface area contributed by atoms with Crippen LogP contribution in [0.25, 0.3) is 11.2 Å². The second kappa shape index (κ2) is 5.43. The van der Waals surface area contributed by atoms with Gasteiger partial charge in [0.15, 0.2) is 11.5 Å². The van der Waals surface area contributed by atoms with Crippen molar-refractivity contribution in [2.75, 3.05) is 12.3 Å². The number of aliphatic hydroxyl groups excluding tert-OH is 3. The fraction of sp³-hybridized carbons (Fsp3) is 0.615. The minimum absolute atomic E-state index is 0.103. The quantitative estimate of drug-likeness (QED) is 0.424. The van der Waals surface area contributed by atoms with E-state index in [0.717, 1.165) is 0 Å². The first-order valence-electron chi connectivity index (χ1n) is 7.08. The predicted molar refractivity (Wildman–Crippen MR) is 76.7 cm³/mol. The lowest BCUT2D eigenvalue weighted by molar-refractivity contribution is -0.122. The number of anilines is 1. The maximum atomic E-state index is 10.5. The van der Waals surface area contributed by atoms with Gasteiger partial charge in [-0.1, -0.05) is 0 Å². The fourth-order valence-corrected chi connectivity index (χ4v) is 3.00. The Labute approximate surface area is 126 Å². The monoisotopic (exact) mass is 309 g/mol. The first kappa shape index (κ1) is 15.1. The van der Waals surface area contributed by atoms with Crippen molar-refractivity contribution in [3.05, 3.63) is 12.7 Å². The SMILES string of the molecule is Nc1ncnc2c1ncn2[C@@H]1C[C@H](O)CC[C@@](O)(CO)[C@@H]1O. The van der Waals surface area contributed by atoms with Crippen molar-refractivity contribution in [3.8, 4) is 0 Å². The Morgan fingerprint density at radius 2 is 2.09 bits per heavy atom. The van der Waals surface area contributed by atoms with Crippen LogP contribution in [0.1, 0.15) is 25.3 Å². The van der Waals surface area contributed by atoms with Crippen LogP contribution in [0.4, 0.5) is 5.82 Å². The molecule has 0 amide bonds. The summed E-state index contributed by atoms with van der Waals surface area (Å²) in [5.74, 6) is 0.213. The maximum absolute atomic E-state index is 10.5. The predicted octanol–water partition coefficient (Wildman–Crippen LogP) is -1.42. The van der Waals surface area contributed by atoms with Crippen LogP contribution in [0, 0.1) is 0 Å². The van der Waals surface area contributed by atoms with E-state index in [1.807, 2.05) is 0 Å². The van der Waals surface area contributed by atoms with Gasteiger partial charge in [-0.3, -0.25) is 0 Å². The molecule has 2 aromatic heterocycles. The molecule has 6 N–H and O–H groups in total. The van der Waals surface area contributed by atoms with Crippen LogP contribution in [0.15, 0.2) is 12.7 Å². The Morgan fingerprint density at radius 1 is 1.32 bits per heavy atom. The zero-order chi connectivity index (χ0) is 15.9. The molecule has 4 atom stereocenters. The van der Waals surface area contributed by atoms with Gasteiger partial charge < -0.3 is 30.7 Å². The molecule has 2 heterocycles. The van der Waals surface area contributed by atoms with Gasteiger partial charge in [0.1, 0.15) is 23.5 Å². The second-order valence-electron chi connectivity index (χ2n) is 5.79. The number of aromatic nitrogens is 4. The van der Waals surface area contributed by atoms with E-state index in [4.69, 9.17) is 5.73 Å². The Bertz CT molecular complexity index is 677. The third-order valence-electron chi connectivity index (χ3n) is 4.36. The Kier molecular flexibility index (Phi) is 3.73. The average Bonchev–Trinajstić information content (AvgIpc) is 2.90. The highest BCUT2D eigenvalue weighted by Crippen LogP contribution is 2.36. The van der Waals surface area contributed by atoms with Gasteiger partial charge in [-0.15, -0.1) is 0 Å². The van der Waals surface area contributed by atoms with Gasteiger partial charge in [0.2, 0.25) is 0 Å². The van der Waals surface area contributed by atoms with Gasteiger partial charge >= 0.3 is 0 Å². The molecule has 0 spiro atoms. The molecule has 0 aromatic carbocycles. The molecular formula is C13H19N5O4. The lowest BCUT2D eigenvalue weighted by Crippen LogP contribution is -2.49. The van der Waals surface area contributed by atoms with Gasteiger partial charge in [-0.05, 0) is 19.3 Å². The summed E-state index contributed by atoms with van der Waals surface area (Å²) in [5, 5.41) is 40.5. The van der Waals surface area contributed by atoms with E-state index in [2.05, 4.69) is 15.0 Å². The van der Waals surface area contributed by atoms with Gasteiger partial charge in [0.05, 0.1) is 25.1 Å². The van der Waals surface area contributed by atoms with Crippen molar-refractivity contribution in [2.45, 2.75) is 43.1 Å². The van der Waals surface area contributed by atoms with Crippen LogP contribution in [0.3, 0.4) is 0 Å². The van der Waals surface area contributed by atoms with Crippen molar-refractivity contribution in [1.82, 2.24) is 19.5 Å². The number of rotatable bonds is 2. The third kappa shape index (κ3) is 2.31. The molecule has 0 aliphatic heterocycles. The summed E-state index contributed by atoms with van der Waals surface area (Å²) in [6.45, 7) is -0.596. The lowest BCUT2D eigenvalue weighted by atomic mass is 9.90. The van der Waals surface area contributed by atoms with Gasteiger partial charge in [-0.25, -0.2) is 15.0 Å². The molecule has 1 saturated carbocycles. The number of aliphatic hydroxyl groups is 4. The number of nitrogens with two attached hydrogens (primary N) is 1. The highest BCUT2D eigenvalue weighted by Gasteiger charge is 2.44. The molecule has 0 radical (unpaired) electrons. The summed E-state index contributed by atoms with van der Waals surface area (Å²) in [4.78, 5) is 12.1. The molecule has 1 fully saturated rings. The van der Waals surface area contributed by atoms with Crippen molar-refractivity contribution < 1.29 is 20.4 Å². The molecule has 22 heavy (non-hydrogen) atoms. The smallest absolute Gasteiger partial charge is 0.165 e. The van der Waals surface area contributed by atoms with Crippen LogP contribution in [0.5, 0.6) is 0 Å². The standard InChI is InChI=1S/C13H19N5O4/c14-11-9-12(16-5-15-11)18(6-17-9)8-3-7(20)1-2-13(22,4-19)10(8)21/h5-8,10,19-22H,1-4H2,(H2,14,15,16)/t7-,8-,10-,13-/m1/s1. The van der Waals surface area contributed by atoms with Crippen LogP contribution >= 0.6 is 0 Å². The fourth-order valence-electron chi connectivity index (χ4n) is 3.00. The molecule has 120 valence electrons. The average molecular weight is 309 g/mol. The third-order valence-corrected chi connectivity index (χ3v) is 4.36. The largest absolute Gasteiger partial charge is 0.393 e. The molecule has 0 bridgehead atoms. The van der Waals surface area contributed by atoms with E-state index in [1.54, 1.807) is 4.57 Å². The summed E-state index contributed by atoms with van der Waals surface area (Å²) in [6.07, 6.45) is 1.34. The number of hydrogen-bond donors (Lipinski definition) is 5. The highest BCUT2D eigenvalue weighted by atomic mass is 16.4. The summed E-state index contributed by atoms with van der Waals surface area (Å²) in [7, 11) is 0. The molecule has 9 nitrogen and oxygen atoms in total. The number of hydrogen-bond acceptors (Lipinski definition) is 8. The number of nitrogen functional groups attached to an aromatic ring is 1. The van der Waals surface area contributed by atoms with E-state index in [-0.39, 0.29) is 25.1 Å². The number of nitrogens with zero attached hydrogens (tertiary/aromatic N) is 4. The summed E-state index contributed by atoms with van der Waals surface area (Å²) in [5.41, 5.74) is 4.86. The van der Waals surface area contributed by atoms with Gasteiger partial charge in [0, 0.05) is 0 Å². The van der Waals surface area contributed by atoms with Crippen molar-refractivity contribution in [3.63, 3.8) is 0 Å². The van der Waals surface area contributed by atoms with Gasteiger partial charge in [0.25, 0.3) is 0 Å². The first-order chi connectivity index (χ1) is 10.5. The maximum Gasteiger partial charge on any atom is 0.165 e. The zero-order valence-corrected chi connectivity index (χ0v) is 11.9. The second-order valence-corrected chi connectivity index (χ2v) is 5.79. The van der Waals surface area contributed by atoms with E-state index < -0.39 is 30.5 Å². The number of imidazole rings is 1. The van der Waals surface area contributed by atoms with Crippen molar-refractivity contribution >= 4 is 17.0 Å². The molecule has 2 aromatic rings. The molecule has 3 rings (SSSR count). The van der Waals surface area contributed by atoms with E-state index in [9.17, 15) is 20.4 Å². The van der Waals surface area contributed by atoms with Crippen LogP contribution in [-0.2, 0) is 0 Å². The summed E-state index contributed by atoms with van der Waals surface area (Å²) >= 11 is 0. The number of fused-ring (bicyclic) bond motifs is 1. The topological polar surface area (TPSA) is 151 Å². The Hall–Kier alpha value is -1.81. The van der Waals surface area contributed by atoms with E-state index in [1.165, 1.54) is 12.7 Å². The zero-order valence-electron chi connectivity index (χ0n) is 11.9. The minimum atomic E-state index is -1.68. The highest BCUT2D eigenvalue weighted by molar-refractivity contribution is 5.81.